The van der Waals surface area contributed by atoms with Crippen LogP contribution in [0.3, 0.4) is 0 Å². The first kappa shape index (κ1) is 91.1. The summed E-state index contributed by atoms with van der Waals surface area (Å²) in [5, 5.41) is 10.6. The van der Waals surface area contributed by atoms with Crippen LogP contribution >= 0.6 is 15.6 Å². The Morgan fingerprint density at radius 1 is 0.301 bits per heavy atom. The molecule has 0 saturated heterocycles. The maximum atomic E-state index is 13.1. The second-order valence-electron chi connectivity index (χ2n) is 26.9. The monoisotopic (exact) mass is 1370 g/mol. The van der Waals surface area contributed by atoms with Crippen LogP contribution < -0.4 is 0 Å². The molecule has 0 aromatic heterocycles. The van der Waals surface area contributed by atoms with Gasteiger partial charge in [-0.05, 0) is 31.6 Å². The summed E-state index contributed by atoms with van der Waals surface area (Å²) in [6.45, 7) is 7.30. The number of carbonyl (C=O) groups excluding carboxylic acids is 4. The average Bonchev–Trinajstić information content (AvgIpc) is 2.43. The number of rotatable bonds is 74. The van der Waals surface area contributed by atoms with Gasteiger partial charge in [-0.1, -0.05) is 336 Å². The molecule has 6 atom stereocenters. The normalized spacial score (nSPS) is 14.3. The molecule has 3 N–H and O–H groups in total. The first-order valence-corrected chi connectivity index (χ1v) is 41.7. The highest BCUT2D eigenvalue weighted by Crippen LogP contribution is 2.45. The smallest absolute Gasteiger partial charge is 0.462 e. The zero-order valence-electron chi connectivity index (χ0n) is 60.4. The lowest BCUT2D eigenvalue weighted by Gasteiger charge is -2.21. The zero-order valence-corrected chi connectivity index (χ0v) is 62.2. The number of hydrogen-bond donors (Lipinski definition) is 3. The van der Waals surface area contributed by atoms with Gasteiger partial charge in [0, 0.05) is 25.7 Å². The van der Waals surface area contributed by atoms with Gasteiger partial charge >= 0.3 is 39.5 Å². The number of aliphatic hydroxyl groups excluding tert-OH is 1. The van der Waals surface area contributed by atoms with Crippen LogP contribution in [0.4, 0.5) is 0 Å². The lowest BCUT2D eigenvalue weighted by Crippen LogP contribution is -2.30. The summed E-state index contributed by atoms with van der Waals surface area (Å²) in [4.78, 5) is 72.7. The maximum Gasteiger partial charge on any atom is 0.472 e. The molecule has 552 valence electrons. The van der Waals surface area contributed by atoms with E-state index in [9.17, 15) is 43.2 Å². The van der Waals surface area contributed by atoms with Crippen LogP contribution in [0.2, 0.25) is 0 Å². The lowest BCUT2D eigenvalue weighted by molar-refractivity contribution is -0.161. The number of hydrogen-bond acceptors (Lipinski definition) is 15. The Morgan fingerprint density at radius 3 is 0.763 bits per heavy atom. The van der Waals surface area contributed by atoms with Gasteiger partial charge in [-0.2, -0.15) is 0 Å². The van der Waals surface area contributed by atoms with Gasteiger partial charge in [-0.3, -0.25) is 37.3 Å². The van der Waals surface area contributed by atoms with Crippen LogP contribution in [0.15, 0.2) is 0 Å². The molecular weight excluding hydrogens is 1220 g/mol. The number of carbonyl (C=O) groups is 4. The first-order valence-electron chi connectivity index (χ1n) is 38.7. The molecule has 0 heterocycles. The summed E-state index contributed by atoms with van der Waals surface area (Å²) in [5.74, 6) is -1.31. The zero-order chi connectivity index (χ0) is 68.4. The Bertz CT molecular complexity index is 1790. The molecule has 0 aliphatic carbocycles. The van der Waals surface area contributed by atoms with E-state index in [0.29, 0.717) is 25.7 Å². The number of esters is 4. The molecule has 0 spiro atoms. The van der Waals surface area contributed by atoms with E-state index in [1.54, 1.807) is 0 Å². The van der Waals surface area contributed by atoms with E-state index in [2.05, 4.69) is 34.6 Å². The minimum absolute atomic E-state index is 0.107. The van der Waals surface area contributed by atoms with Gasteiger partial charge in [0.25, 0.3) is 0 Å². The minimum atomic E-state index is -4.95. The second-order valence-corrected chi connectivity index (χ2v) is 29.8. The van der Waals surface area contributed by atoms with Crippen LogP contribution in [-0.4, -0.2) is 96.7 Å². The van der Waals surface area contributed by atoms with E-state index in [1.807, 2.05) is 0 Å². The molecule has 0 aromatic rings. The standard InChI is InChI=1S/C74H144O17P2/c1-6-10-13-16-19-22-24-26-28-30-32-38-43-48-53-58-72(77)85-64-70(90-73(78)59-54-49-44-39-33-31-29-27-25-23-20-17-14-11-7-2)66-89-93(82,83)87-62-68(75)61-86-92(80,81)88-65-69(63-84-71(76)57-52-47-42-36-21-18-15-12-8-3)91-74(79)60-55-50-45-40-35-34-37-41-46-51-56-67(5)9-4/h67-70,75H,6-66H2,1-5H3,(H,80,81)(H,82,83)/t67?,68-,69+,70+/m0/s1. The fourth-order valence-electron chi connectivity index (χ4n) is 11.3. The summed E-state index contributed by atoms with van der Waals surface area (Å²) >= 11 is 0. The van der Waals surface area contributed by atoms with Crippen molar-refractivity contribution < 1.29 is 80.2 Å². The molecule has 0 aliphatic rings. The summed E-state index contributed by atoms with van der Waals surface area (Å²) < 4.78 is 68.4. The van der Waals surface area contributed by atoms with E-state index in [4.69, 9.17) is 37.0 Å². The number of ether oxygens (including phenoxy) is 4. The fourth-order valence-corrected chi connectivity index (χ4v) is 12.9. The van der Waals surface area contributed by atoms with Crippen LogP contribution in [0, 0.1) is 5.92 Å². The molecule has 0 rings (SSSR count). The third-order valence-electron chi connectivity index (χ3n) is 17.6. The third kappa shape index (κ3) is 67.0. The largest absolute Gasteiger partial charge is 0.472 e. The van der Waals surface area contributed by atoms with Crippen molar-refractivity contribution in [3.05, 3.63) is 0 Å². The van der Waals surface area contributed by atoms with Crippen molar-refractivity contribution >= 4 is 39.5 Å². The number of unbranched alkanes of at least 4 members (excludes halogenated alkanes) is 45. The highest BCUT2D eigenvalue weighted by atomic mass is 31.2. The molecule has 0 bridgehead atoms. The van der Waals surface area contributed by atoms with Gasteiger partial charge in [0.15, 0.2) is 12.2 Å². The molecule has 93 heavy (non-hydrogen) atoms. The molecular formula is C74H144O17P2. The van der Waals surface area contributed by atoms with Gasteiger partial charge in [0.2, 0.25) is 0 Å². The molecule has 0 fully saturated rings. The van der Waals surface area contributed by atoms with E-state index in [-0.39, 0.29) is 25.7 Å². The molecule has 19 heteroatoms. The number of aliphatic hydroxyl groups is 1. The molecule has 17 nitrogen and oxygen atoms in total. The van der Waals surface area contributed by atoms with Crippen LogP contribution in [0.5, 0.6) is 0 Å². The average molecular weight is 1370 g/mol. The number of phosphoric ester groups is 2. The second kappa shape index (κ2) is 67.3. The molecule has 0 saturated carbocycles. The van der Waals surface area contributed by atoms with Gasteiger partial charge in [0.05, 0.1) is 26.4 Å². The molecule has 0 aliphatic heterocycles. The summed E-state index contributed by atoms with van der Waals surface area (Å²) in [5.41, 5.74) is 0. The predicted octanol–water partition coefficient (Wildman–Crippen LogP) is 21.7. The quantitative estimate of drug-likeness (QED) is 0.0222. The van der Waals surface area contributed by atoms with E-state index in [0.717, 1.165) is 95.8 Å². The maximum absolute atomic E-state index is 13.1. The lowest BCUT2D eigenvalue weighted by atomic mass is 9.99. The Balaban J connectivity index is 5.24. The van der Waals surface area contributed by atoms with Crippen molar-refractivity contribution in [2.24, 2.45) is 5.92 Å². The summed E-state index contributed by atoms with van der Waals surface area (Å²) in [6, 6.07) is 0. The van der Waals surface area contributed by atoms with Crippen molar-refractivity contribution in [2.75, 3.05) is 39.6 Å². The van der Waals surface area contributed by atoms with Crippen LogP contribution in [0.25, 0.3) is 0 Å². The van der Waals surface area contributed by atoms with Crippen LogP contribution in [-0.2, 0) is 65.4 Å². The van der Waals surface area contributed by atoms with Crippen molar-refractivity contribution in [3.8, 4) is 0 Å². The minimum Gasteiger partial charge on any atom is -0.462 e. The van der Waals surface area contributed by atoms with Crippen molar-refractivity contribution in [3.63, 3.8) is 0 Å². The third-order valence-corrected chi connectivity index (χ3v) is 19.5. The highest BCUT2D eigenvalue weighted by molar-refractivity contribution is 7.47. The Labute approximate surface area is 568 Å². The van der Waals surface area contributed by atoms with E-state index < -0.39 is 97.5 Å². The Hall–Kier alpha value is -1.94. The highest BCUT2D eigenvalue weighted by Gasteiger charge is 2.30. The van der Waals surface area contributed by atoms with E-state index in [1.165, 1.54) is 212 Å². The summed E-state index contributed by atoms with van der Waals surface area (Å²) in [6.07, 6.45) is 55.3. The Morgan fingerprint density at radius 2 is 0.516 bits per heavy atom. The summed E-state index contributed by atoms with van der Waals surface area (Å²) in [7, 11) is -9.90. The van der Waals surface area contributed by atoms with Gasteiger partial charge < -0.3 is 33.8 Å². The fraction of sp³-hybridized carbons (Fsp3) is 0.946. The van der Waals surface area contributed by atoms with Gasteiger partial charge in [0.1, 0.15) is 19.3 Å². The topological polar surface area (TPSA) is 237 Å². The van der Waals surface area contributed by atoms with Crippen LogP contribution in [0.1, 0.15) is 388 Å². The van der Waals surface area contributed by atoms with Crippen molar-refractivity contribution in [1.82, 2.24) is 0 Å². The van der Waals surface area contributed by atoms with E-state index >= 15 is 0 Å². The van der Waals surface area contributed by atoms with Crippen molar-refractivity contribution in [1.29, 1.82) is 0 Å². The first-order chi connectivity index (χ1) is 45.1. The molecule has 0 aromatic carbocycles. The molecule has 3 unspecified atom stereocenters. The molecule has 0 radical (unpaired) electrons. The predicted molar refractivity (Wildman–Crippen MR) is 377 cm³/mol. The van der Waals surface area contributed by atoms with Gasteiger partial charge in [-0.15, -0.1) is 0 Å². The number of phosphoric acid groups is 2. The molecule has 0 amide bonds. The Kier molecular flexibility index (Phi) is 65.9. The van der Waals surface area contributed by atoms with Gasteiger partial charge in [-0.25, -0.2) is 9.13 Å². The van der Waals surface area contributed by atoms with Crippen molar-refractivity contribution in [2.45, 2.75) is 406 Å². The SMILES string of the molecule is CCCCCCCCCCCCCCCCCC(=O)OC[C@H](COP(=O)(O)OC[C@@H](O)COP(=O)(O)OC[C@@H](COC(=O)CCCCCCCCCCC)OC(=O)CCCCCCCCCCCCC(C)CC)OC(=O)CCCCCCCCCCCCCCCCC.